The van der Waals surface area contributed by atoms with Gasteiger partial charge in [0.05, 0.1) is 18.3 Å². The number of anilines is 1. The Kier molecular flexibility index (Phi) is 4.73. The highest BCUT2D eigenvalue weighted by atomic mass is 79.9. The zero-order valence-corrected chi connectivity index (χ0v) is 14.3. The van der Waals surface area contributed by atoms with Crippen LogP contribution in [0.2, 0.25) is 5.02 Å². The predicted molar refractivity (Wildman–Crippen MR) is 92.7 cm³/mol. The van der Waals surface area contributed by atoms with Crippen LogP contribution >= 0.6 is 27.5 Å². The second kappa shape index (κ2) is 6.93. The summed E-state index contributed by atoms with van der Waals surface area (Å²) in [5, 5.41) is 7.60. The van der Waals surface area contributed by atoms with Crippen LogP contribution < -0.4 is 5.32 Å². The number of amides is 1. The molecule has 0 bridgehead atoms. The third-order valence-corrected chi connectivity index (χ3v) is 3.99. The van der Waals surface area contributed by atoms with E-state index in [0.717, 1.165) is 10.0 Å². The topological polar surface area (TPSA) is 59.8 Å². The fourth-order valence-electron chi connectivity index (χ4n) is 2.01. The molecule has 23 heavy (non-hydrogen) atoms. The van der Waals surface area contributed by atoms with E-state index in [9.17, 15) is 4.79 Å². The fourth-order valence-corrected chi connectivity index (χ4v) is 2.44. The average molecular weight is 392 g/mol. The normalized spacial score (nSPS) is 10.5. The molecule has 1 N–H and O–H groups in total. The van der Waals surface area contributed by atoms with E-state index in [4.69, 9.17) is 11.6 Å². The van der Waals surface area contributed by atoms with Crippen molar-refractivity contribution in [3.05, 3.63) is 75.6 Å². The molecule has 0 saturated heterocycles. The van der Waals surface area contributed by atoms with Gasteiger partial charge in [-0.05, 0) is 39.7 Å². The maximum absolute atomic E-state index is 12.2. The molecular formula is C16H12BrClN4O. The number of aromatic nitrogens is 3. The first-order valence-corrected chi connectivity index (χ1v) is 7.98. The summed E-state index contributed by atoms with van der Waals surface area (Å²) >= 11 is 9.43. The van der Waals surface area contributed by atoms with Crippen LogP contribution in [0, 0.1) is 0 Å². The van der Waals surface area contributed by atoms with E-state index >= 15 is 0 Å². The Morgan fingerprint density at radius 1 is 1.22 bits per heavy atom. The summed E-state index contributed by atoms with van der Waals surface area (Å²) < 4.78 is 2.52. The van der Waals surface area contributed by atoms with Crippen LogP contribution in [0.1, 0.15) is 15.9 Å². The van der Waals surface area contributed by atoms with Gasteiger partial charge in [0.2, 0.25) is 0 Å². The summed E-state index contributed by atoms with van der Waals surface area (Å²) in [6.07, 6.45) is 4.82. The Labute approximate surface area is 146 Å². The van der Waals surface area contributed by atoms with Gasteiger partial charge in [-0.2, -0.15) is 5.10 Å². The predicted octanol–water partition coefficient (Wildman–Crippen LogP) is 3.99. The number of benzene rings is 1. The van der Waals surface area contributed by atoms with Gasteiger partial charge in [0, 0.05) is 21.9 Å². The molecule has 1 amide bonds. The molecule has 0 aliphatic rings. The van der Waals surface area contributed by atoms with Crippen molar-refractivity contribution in [2.45, 2.75) is 6.54 Å². The SMILES string of the molecule is O=C(Nc1ccc(Br)cn1)c1cnn(Cc2ccccc2Cl)c1. The first-order valence-electron chi connectivity index (χ1n) is 6.80. The second-order valence-electron chi connectivity index (χ2n) is 4.83. The maximum Gasteiger partial charge on any atom is 0.260 e. The lowest BCUT2D eigenvalue weighted by molar-refractivity contribution is 0.102. The molecule has 2 aromatic heterocycles. The van der Waals surface area contributed by atoms with Crippen LogP contribution in [-0.2, 0) is 6.54 Å². The smallest absolute Gasteiger partial charge is 0.260 e. The first-order chi connectivity index (χ1) is 11.1. The summed E-state index contributed by atoms with van der Waals surface area (Å²) in [5.74, 6) is 0.224. The Morgan fingerprint density at radius 2 is 2.04 bits per heavy atom. The molecular weight excluding hydrogens is 380 g/mol. The number of carbonyl (C=O) groups is 1. The zero-order valence-electron chi connectivity index (χ0n) is 11.9. The molecule has 2 heterocycles. The molecule has 0 aliphatic heterocycles. The van der Waals surface area contributed by atoms with Gasteiger partial charge in [-0.15, -0.1) is 0 Å². The number of nitrogens with one attached hydrogen (secondary N) is 1. The first kappa shape index (κ1) is 15.7. The highest BCUT2D eigenvalue weighted by molar-refractivity contribution is 9.10. The molecule has 3 rings (SSSR count). The minimum Gasteiger partial charge on any atom is -0.306 e. The highest BCUT2D eigenvalue weighted by Crippen LogP contribution is 2.16. The van der Waals surface area contributed by atoms with E-state index in [-0.39, 0.29) is 5.91 Å². The minimum atomic E-state index is -0.259. The molecule has 0 atom stereocenters. The van der Waals surface area contributed by atoms with Crippen molar-refractivity contribution in [3.8, 4) is 0 Å². The molecule has 116 valence electrons. The van der Waals surface area contributed by atoms with Gasteiger partial charge in [-0.3, -0.25) is 9.48 Å². The lowest BCUT2D eigenvalue weighted by Gasteiger charge is -2.04. The monoisotopic (exact) mass is 390 g/mol. The van der Waals surface area contributed by atoms with E-state index in [1.165, 1.54) is 6.20 Å². The Morgan fingerprint density at radius 3 is 2.78 bits per heavy atom. The number of rotatable bonds is 4. The molecule has 0 saturated carbocycles. The third kappa shape index (κ3) is 3.97. The number of pyridine rings is 1. The van der Waals surface area contributed by atoms with Crippen molar-refractivity contribution in [1.29, 1.82) is 0 Å². The summed E-state index contributed by atoms with van der Waals surface area (Å²) in [6, 6.07) is 11.1. The van der Waals surface area contributed by atoms with Crippen molar-refractivity contribution >= 4 is 39.3 Å². The number of hydrogen-bond acceptors (Lipinski definition) is 3. The highest BCUT2D eigenvalue weighted by Gasteiger charge is 2.10. The van der Waals surface area contributed by atoms with E-state index in [2.05, 4.69) is 31.3 Å². The third-order valence-electron chi connectivity index (χ3n) is 3.15. The zero-order chi connectivity index (χ0) is 16.2. The molecule has 1 aromatic carbocycles. The lowest BCUT2D eigenvalue weighted by atomic mass is 10.2. The molecule has 0 fully saturated rings. The average Bonchev–Trinajstić information content (AvgIpc) is 3.01. The van der Waals surface area contributed by atoms with Crippen molar-refractivity contribution in [2.24, 2.45) is 0 Å². The van der Waals surface area contributed by atoms with Crippen molar-refractivity contribution in [1.82, 2.24) is 14.8 Å². The van der Waals surface area contributed by atoms with Crippen molar-refractivity contribution in [2.75, 3.05) is 5.32 Å². The Hall–Kier alpha value is -2.18. The van der Waals surface area contributed by atoms with Gasteiger partial charge in [0.1, 0.15) is 5.82 Å². The maximum atomic E-state index is 12.2. The van der Waals surface area contributed by atoms with E-state index in [1.807, 2.05) is 30.3 Å². The second-order valence-corrected chi connectivity index (χ2v) is 6.16. The van der Waals surface area contributed by atoms with Crippen LogP contribution in [-0.4, -0.2) is 20.7 Å². The van der Waals surface area contributed by atoms with Crippen LogP contribution in [0.3, 0.4) is 0 Å². The molecule has 7 heteroatoms. The van der Waals surface area contributed by atoms with Crippen molar-refractivity contribution < 1.29 is 4.79 Å². The van der Waals surface area contributed by atoms with Crippen LogP contribution in [0.25, 0.3) is 0 Å². The Balaban J connectivity index is 1.70. The van der Waals surface area contributed by atoms with Crippen LogP contribution in [0.15, 0.2) is 59.5 Å². The van der Waals surface area contributed by atoms with Crippen molar-refractivity contribution in [3.63, 3.8) is 0 Å². The molecule has 3 aromatic rings. The number of hydrogen-bond donors (Lipinski definition) is 1. The minimum absolute atomic E-state index is 0.259. The van der Waals surface area contributed by atoms with E-state index in [0.29, 0.717) is 22.9 Å². The largest absolute Gasteiger partial charge is 0.306 e. The van der Waals surface area contributed by atoms with Crippen LogP contribution in [0.5, 0.6) is 0 Å². The van der Waals surface area contributed by atoms with Gasteiger partial charge in [0.25, 0.3) is 5.91 Å². The summed E-state index contributed by atoms with van der Waals surface area (Å²) in [7, 11) is 0. The van der Waals surface area contributed by atoms with Gasteiger partial charge in [-0.1, -0.05) is 29.8 Å². The van der Waals surface area contributed by atoms with E-state index in [1.54, 1.807) is 23.1 Å². The fraction of sp³-hybridized carbons (Fsp3) is 0.0625. The molecule has 5 nitrogen and oxygen atoms in total. The summed E-state index contributed by atoms with van der Waals surface area (Å²) in [5.41, 5.74) is 1.40. The van der Waals surface area contributed by atoms with Gasteiger partial charge < -0.3 is 5.32 Å². The molecule has 0 radical (unpaired) electrons. The van der Waals surface area contributed by atoms with Gasteiger partial charge in [0.15, 0.2) is 0 Å². The van der Waals surface area contributed by atoms with E-state index < -0.39 is 0 Å². The molecule has 0 aliphatic carbocycles. The van der Waals surface area contributed by atoms with Gasteiger partial charge >= 0.3 is 0 Å². The Bertz CT molecular complexity index is 832. The van der Waals surface area contributed by atoms with Crippen LogP contribution in [0.4, 0.5) is 5.82 Å². The number of nitrogens with zero attached hydrogens (tertiary/aromatic N) is 3. The standard InChI is InChI=1S/C16H12BrClN4O/c17-13-5-6-15(19-8-13)21-16(23)12-7-20-22(10-12)9-11-3-1-2-4-14(11)18/h1-8,10H,9H2,(H,19,21,23). The molecule has 0 spiro atoms. The number of carbonyl (C=O) groups excluding carboxylic acids is 1. The van der Waals surface area contributed by atoms with Gasteiger partial charge in [-0.25, -0.2) is 4.98 Å². The summed E-state index contributed by atoms with van der Waals surface area (Å²) in [6.45, 7) is 0.503. The quantitative estimate of drug-likeness (QED) is 0.731. The number of halogens is 2. The lowest BCUT2D eigenvalue weighted by Crippen LogP contribution is -2.12. The summed E-state index contributed by atoms with van der Waals surface area (Å²) in [4.78, 5) is 16.3. The molecule has 0 unspecified atom stereocenters.